The first-order valence-corrected chi connectivity index (χ1v) is 8.17. The van der Waals surface area contributed by atoms with Crippen molar-refractivity contribution in [3.8, 4) is 0 Å². The number of nitrogens with one attached hydrogen (secondary N) is 1. The molecule has 0 radical (unpaired) electrons. The average Bonchev–Trinajstić information content (AvgIpc) is 2.42. The Labute approximate surface area is 83.3 Å². The molecule has 4 heteroatoms. The molecule has 0 aromatic carbocycles. The van der Waals surface area contributed by atoms with E-state index in [-0.39, 0.29) is 0 Å². The van der Waals surface area contributed by atoms with Crippen LogP contribution in [0, 0.1) is 0 Å². The Morgan fingerprint density at radius 2 is 2.50 bits per heavy atom. The van der Waals surface area contributed by atoms with E-state index in [1.807, 2.05) is 0 Å². The van der Waals surface area contributed by atoms with Crippen LogP contribution in [-0.2, 0) is 0 Å². The Morgan fingerprint density at radius 1 is 1.60 bits per heavy atom. The molecule has 0 aliphatic carbocycles. The minimum atomic E-state index is 0.401. The van der Waals surface area contributed by atoms with E-state index >= 15 is 0 Å². The summed E-state index contributed by atoms with van der Waals surface area (Å²) < 4.78 is 8.55. The van der Waals surface area contributed by atoms with Crippen LogP contribution < -0.4 is 46.5 Å². The van der Waals surface area contributed by atoms with Gasteiger partial charge in [-0.3, -0.25) is 0 Å². The van der Waals surface area contributed by atoms with Crippen LogP contribution in [0.5, 0.6) is 0 Å². The van der Waals surface area contributed by atoms with Crippen LogP contribution in [0.4, 0.5) is 0 Å². The first-order chi connectivity index (χ1) is 4.90. The van der Waals surface area contributed by atoms with Gasteiger partial charge in [-0.05, 0) is 0 Å². The van der Waals surface area contributed by atoms with Crippen LogP contribution in [0.25, 0.3) is 0 Å². The van der Waals surface area contributed by atoms with E-state index in [9.17, 15) is 0 Å². The monoisotopic (exact) mass is 366 g/mol. The summed E-state index contributed by atoms with van der Waals surface area (Å²) >= 11 is 0.832. The molecule has 62 valence electrons. The van der Waals surface area contributed by atoms with Crippen LogP contribution in [0.3, 0.4) is 0 Å². The topological polar surface area (TPSA) is 15.3 Å². The molecule has 2 rings (SSSR count). The van der Waals surface area contributed by atoms with Crippen LogP contribution in [0.15, 0.2) is 0 Å². The van der Waals surface area contributed by atoms with Gasteiger partial charge in [-0.25, -0.2) is 0 Å². The zero-order valence-electron chi connectivity index (χ0n) is 5.98. The molecular formula is C6H12I2N2-2. The van der Waals surface area contributed by atoms with Crippen molar-refractivity contribution in [3.05, 3.63) is 0 Å². The van der Waals surface area contributed by atoms with E-state index in [4.69, 9.17) is 0 Å². The molecule has 2 unspecified atom stereocenters. The molecule has 0 aromatic rings. The molecule has 10 heavy (non-hydrogen) atoms. The summed E-state index contributed by atoms with van der Waals surface area (Å²) in [6.07, 6.45) is 0. The molecular weight excluding hydrogens is 354 g/mol. The molecule has 2 nitrogen and oxygen atoms in total. The maximum absolute atomic E-state index is 3.58. The molecule has 2 saturated heterocycles. The second kappa shape index (κ2) is 3.40. The van der Waals surface area contributed by atoms with E-state index in [0.29, 0.717) is 43.0 Å². The van der Waals surface area contributed by atoms with E-state index < -0.39 is 0 Å². The number of nitrogens with zero attached hydrogens (tertiary/aromatic N) is 1. The van der Waals surface area contributed by atoms with Gasteiger partial charge < -0.3 is 0 Å². The van der Waals surface area contributed by atoms with Gasteiger partial charge in [0.1, 0.15) is 0 Å². The van der Waals surface area contributed by atoms with Crippen molar-refractivity contribution < 1.29 is 43.0 Å². The van der Waals surface area contributed by atoms with E-state index in [1.54, 1.807) is 0 Å². The van der Waals surface area contributed by atoms with Crippen LogP contribution in [0.2, 0.25) is 0 Å². The molecule has 2 aliphatic heterocycles. The van der Waals surface area contributed by atoms with Crippen molar-refractivity contribution in [1.82, 2.24) is 6.64 Å². The Balaban J connectivity index is 1.94. The normalized spacial score (nSPS) is 42.1. The van der Waals surface area contributed by atoms with Crippen molar-refractivity contribution in [2.75, 3.05) is 19.6 Å². The summed E-state index contributed by atoms with van der Waals surface area (Å²) in [4.78, 5) is 0. The van der Waals surface area contributed by atoms with Crippen molar-refractivity contribution in [2.24, 2.45) is 0 Å². The standard InChI is InChI=1S/C6H12I2N2/c1-2-10-4-6-5(8-10)3-9-7-6/h5-6,9H,2-4H2,1H3/q-2. The van der Waals surface area contributed by atoms with Crippen molar-refractivity contribution in [3.63, 3.8) is 0 Å². The van der Waals surface area contributed by atoms with Crippen molar-refractivity contribution in [1.29, 1.82) is 0 Å². The van der Waals surface area contributed by atoms with Gasteiger partial charge in [-0.15, -0.1) is 0 Å². The van der Waals surface area contributed by atoms with Gasteiger partial charge in [0.2, 0.25) is 0 Å². The number of hydrogen-bond donors (Lipinski definition) is 1. The molecule has 0 aromatic heterocycles. The SMILES string of the molecule is CCN1CC2[I-]NCC2[I-]1. The zero-order valence-corrected chi connectivity index (χ0v) is 10.3. The van der Waals surface area contributed by atoms with Crippen molar-refractivity contribution in [2.45, 2.75) is 14.8 Å². The molecule has 2 fully saturated rings. The third kappa shape index (κ3) is 1.44. The van der Waals surface area contributed by atoms with Gasteiger partial charge >= 0.3 is 84.0 Å². The summed E-state index contributed by atoms with van der Waals surface area (Å²) in [5, 5.41) is 0. The Hall–Kier alpha value is 1.38. The average molecular weight is 366 g/mol. The van der Waals surface area contributed by atoms with Crippen LogP contribution in [-0.4, -0.2) is 30.6 Å². The molecule has 2 aliphatic rings. The predicted octanol–water partition coefficient (Wildman–Crippen LogP) is -6.33. The van der Waals surface area contributed by atoms with Gasteiger partial charge in [-0.1, -0.05) is 0 Å². The minimum absolute atomic E-state index is 0.401. The third-order valence-electron chi connectivity index (χ3n) is 1.86. The first kappa shape index (κ1) is 8.00. The fraction of sp³-hybridized carbons (Fsp3) is 1.00. The number of fused-ring (bicyclic) bond motifs is 1. The van der Waals surface area contributed by atoms with Gasteiger partial charge in [0.05, 0.1) is 0 Å². The van der Waals surface area contributed by atoms with Crippen LogP contribution >= 0.6 is 0 Å². The Bertz CT molecular complexity index is 119. The number of rotatable bonds is 1. The first-order valence-electron chi connectivity index (χ1n) is 3.64. The fourth-order valence-electron chi connectivity index (χ4n) is 1.26. The van der Waals surface area contributed by atoms with Gasteiger partial charge in [0.25, 0.3) is 0 Å². The molecule has 0 bridgehead atoms. The van der Waals surface area contributed by atoms with Crippen molar-refractivity contribution >= 4 is 0 Å². The molecule has 2 atom stereocenters. The number of alkyl halides is 2. The number of hydrogen-bond acceptors (Lipinski definition) is 2. The third-order valence-corrected chi connectivity index (χ3v) is 10.1. The summed E-state index contributed by atoms with van der Waals surface area (Å²) in [5.74, 6) is 0. The molecule has 2 heterocycles. The maximum atomic E-state index is 3.58. The second-order valence-electron chi connectivity index (χ2n) is 2.54. The zero-order chi connectivity index (χ0) is 6.97. The summed E-state index contributed by atoms with van der Waals surface area (Å²) in [7, 11) is 0. The summed E-state index contributed by atoms with van der Waals surface area (Å²) in [6.45, 7) is 6.41. The van der Waals surface area contributed by atoms with E-state index in [0.717, 1.165) is 7.85 Å². The predicted molar refractivity (Wildman–Crippen MR) is 32.8 cm³/mol. The van der Waals surface area contributed by atoms with E-state index in [2.05, 4.69) is 13.6 Å². The molecule has 0 amide bonds. The molecule has 0 saturated carbocycles. The Morgan fingerprint density at radius 3 is 3.20 bits per heavy atom. The second-order valence-corrected chi connectivity index (χ2v) is 9.05. The summed E-state index contributed by atoms with van der Waals surface area (Å²) in [5.41, 5.74) is 0. The van der Waals surface area contributed by atoms with Gasteiger partial charge in [0, 0.05) is 0 Å². The Kier molecular flexibility index (Phi) is 2.72. The van der Waals surface area contributed by atoms with E-state index in [1.165, 1.54) is 19.6 Å². The van der Waals surface area contributed by atoms with Gasteiger partial charge in [0.15, 0.2) is 0 Å². The quantitative estimate of drug-likeness (QED) is 0.282. The van der Waals surface area contributed by atoms with Crippen LogP contribution in [0.1, 0.15) is 6.92 Å². The van der Waals surface area contributed by atoms with Gasteiger partial charge in [-0.2, -0.15) is 0 Å². The fourth-order valence-corrected chi connectivity index (χ4v) is 10.2. The molecule has 1 N–H and O–H groups in total. The number of halogens is 2. The molecule has 0 spiro atoms. The summed E-state index contributed by atoms with van der Waals surface area (Å²) in [6, 6.07) is 0.